The fourth-order valence-corrected chi connectivity index (χ4v) is 3.91. The summed E-state index contributed by atoms with van der Waals surface area (Å²) in [6, 6.07) is 0.909. The van der Waals surface area contributed by atoms with Gasteiger partial charge in [0.1, 0.15) is 0 Å². The third-order valence-corrected chi connectivity index (χ3v) is 5.53. The van der Waals surface area contributed by atoms with Gasteiger partial charge in [-0.25, -0.2) is 0 Å². The van der Waals surface area contributed by atoms with Crippen LogP contribution in [0.15, 0.2) is 0 Å². The SMILES string of the molecule is CC(C)(C)CCCC1CC(N2CCN(C(C)(C)C)CC2)C1. The van der Waals surface area contributed by atoms with Crippen molar-refractivity contribution in [2.75, 3.05) is 26.2 Å². The van der Waals surface area contributed by atoms with Crippen LogP contribution >= 0.6 is 0 Å². The zero-order valence-electron chi connectivity index (χ0n) is 15.4. The van der Waals surface area contributed by atoms with E-state index in [9.17, 15) is 0 Å². The Morgan fingerprint density at radius 3 is 1.90 bits per heavy atom. The molecule has 0 atom stereocenters. The standard InChI is InChI=1S/C19H38N2/c1-18(2,3)9-7-8-16-14-17(15-16)20-10-12-21(13-11-20)19(4,5)6/h16-17H,7-15H2,1-6H3. The molecule has 2 nitrogen and oxygen atoms in total. The first-order chi connectivity index (χ1) is 9.65. The van der Waals surface area contributed by atoms with Gasteiger partial charge in [-0.15, -0.1) is 0 Å². The molecule has 2 rings (SSSR count). The van der Waals surface area contributed by atoms with E-state index in [1.54, 1.807) is 0 Å². The van der Waals surface area contributed by atoms with Crippen LogP contribution in [-0.4, -0.2) is 47.6 Å². The Bertz CT molecular complexity index is 309. The van der Waals surface area contributed by atoms with Crippen LogP contribution in [0.5, 0.6) is 0 Å². The summed E-state index contributed by atoms with van der Waals surface area (Å²) < 4.78 is 0. The van der Waals surface area contributed by atoms with Gasteiger partial charge < -0.3 is 0 Å². The van der Waals surface area contributed by atoms with Gasteiger partial charge in [0.25, 0.3) is 0 Å². The largest absolute Gasteiger partial charge is 0.298 e. The molecular weight excluding hydrogens is 256 g/mol. The fraction of sp³-hybridized carbons (Fsp3) is 1.00. The fourth-order valence-electron chi connectivity index (χ4n) is 3.91. The molecule has 0 aromatic heterocycles. The van der Waals surface area contributed by atoms with Gasteiger partial charge in [0.15, 0.2) is 0 Å². The Labute approximate surface area is 133 Å². The van der Waals surface area contributed by atoms with E-state index < -0.39 is 0 Å². The Morgan fingerprint density at radius 1 is 0.857 bits per heavy atom. The highest BCUT2D eigenvalue weighted by Gasteiger charge is 2.36. The summed E-state index contributed by atoms with van der Waals surface area (Å²) >= 11 is 0. The van der Waals surface area contributed by atoms with Crippen molar-refractivity contribution >= 4 is 0 Å². The molecule has 0 spiro atoms. The smallest absolute Gasteiger partial charge is 0.0126 e. The summed E-state index contributed by atoms with van der Waals surface area (Å²) in [6.07, 6.45) is 7.23. The average Bonchev–Trinajstić information content (AvgIpc) is 2.30. The minimum absolute atomic E-state index is 0.348. The lowest BCUT2D eigenvalue weighted by Gasteiger charge is -2.49. The molecule has 0 aromatic rings. The topological polar surface area (TPSA) is 6.48 Å². The number of rotatable bonds is 4. The van der Waals surface area contributed by atoms with Crippen LogP contribution in [0.25, 0.3) is 0 Å². The molecule has 2 fully saturated rings. The number of hydrogen-bond acceptors (Lipinski definition) is 2. The molecule has 0 bridgehead atoms. The highest BCUT2D eigenvalue weighted by molar-refractivity contribution is 4.91. The average molecular weight is 295 g/mol. The Morgan fingerprint density at radius 2 is 1.43 bits per heavy atom. The monoisotopic (exact) mass is 294 g/mol. The van der Waals surface area contributed by atoms with Gasteiger partial charge >= 0.3 is 0 Å². The van der Waals surface area contributed by atoms with Gasteiger partial charge in [0.2, 0.25) is 0 Å². The number of nitrogens with zero attached hydrogens (tertiary/aromatic N) is 2. The van der Waals surface area contributed by atoms with Crippen molar-refractivity contribution < 1.29 is 0 Å². The molecule has 1 heterocycles. The molecule has 1 aliphatic carbocycles. The van der Waals surface area contributed by atoms with Gasteiger partial charge in [0.05, 0.1) is 0 Å². The molecule has 1 saturated heterocycles. The minimum Gasteiger partial charge on any atom is -0.298 e. The van der Waals surface area contributed by atoms with E-state index in [2.05, 4.69) is 51.3 Å². The second-order valence-electron chi connectivity index (χ2n) is 9.64. The zero-order valence-corrected chi connectivity index (χ0v) is 15.4. The summed E-state index contributed by atoms with van der Waals surface area (Å²) in [5.41, 5.74) is 0.869. The van der Waals surface area contributed by atoms with Crippen molar-refractivity contribution in [3.8, 4) is 0 Å². The molecule has 1 aliphatic heterocycles. The molecule has 0 unspecified atom stereocenters. The Kier molecular flexibility index (Phi) is 5.41. The second-order valence-corrected chi connectivity index (χ2v) is 9.64. The van der Waals surface area contributed by atoms with E-state index in [0.717, 1.165) is 12.0 Å². The van der Waals surface area contributed by atoms with Crippen LogP contribution in [0.3, 0.4) is 0 Å². The molecule has 2 aliphatic rings. The van der Waals surface area contributed by atoms with Crippen LogP contribution in [-0.2, 0) is 0 Å². The summed E-state index contributed by atoms with van der Waals surface area (Å²) in [5.74, 6) is 1.03. The maximum absolute atomic E-state index is 2.77. The van der Waals surface area contributed by atoms with Gasteiger partial charge in [0, 0.05) is 37.8 Å². The van der Waals surface area contributed by atoms with E-state index in [-0.39, 0.29) is 0 Å². The van der Waals surface area contributed by atoms with Crippen LogP contribution in [0.4, 0.5) is 0 Å². The number of piperazine rings is 1. The van der Waals surface area contributed by atoms with E-state index in [0.29, 0.717) is 11.0 Å². The van der Waals surface area contributed by atoms with E-state index in [1.165, 1.54) is 58.3 Å². The predicted octanol–water partition coefficient (Wildman–Crippen LogP) is 4.40. The van der Waals surface area contributed by atoms with Crippen molar-refractivity contribution in [2.24, 2.45) is 11.3 Å². The predicted molar refractivity (Wildman–Crippen MR) is 92.7 cm³/mol. The summed E-state index contributed by atoms with van der Waals surface area (Å²) in [4.78, 5) is 5.41. The zero-order chi connectivity index (χ0) is 15.7. The van der Waals surface area contributed by atoms with Crippen LogP contribution in [0.1, 0.15) is 73.6 Å². The van der Waals surface area contributed by atoms with Crippen LogP contribution < -0.4 is 0 Å². The number of hydrogen-bond donors (Lipinski definition) is 0. The summed E-state index contributed by atoms with van der Waals surface area (Å²) in [6.45, 7) is 19.2. The quantitative estimate of drug-likeness (QED) is 0.758. The molecule has 0 aromatic carbocycles. The first-order valence-electron chi connectivity index (χ1n) is 9.14. The molecule has 2 heteroatoms. The van der Waals surface area contributed by atoms with E-state index >= 15 is 0 Å². The third-order valence-electron chi connectivity index (χ3n) is 5.53. The molecule has 124 valence electrons. The van der Waals surface area contributed by atoms with Gasteiger partial charge in [-0.1, -0.05) is 33.6 Å². The van der Waals surface area contributed by atoms with Crippen LogP contribution in [0.2, 0.25) is 0 Å². The lowest BCUT2D eigenvalue weighted by atomic mass is 9.75. The van der Waals surface area contributed by atoms with Crippen molar-refractivity contribution in [3.05, 3.63) is 0 Å². The van der Waals surface area contributed by atoms with Gasteiger partial charge in [-0.3, -0.25) is 9.80 Å². The molecule has 1 saturated carbocycles. The maximum Gasteiger partial charge on any atom is 0.0126 e. The molecule has 21 heavy (non-hydrogen) atoms. The Balaban J connectivity index is 1.61. The maximum atomic E-state index is 2.77. The molecule has 0 radical (unpaired) electrons. The first kappa shape index (κ1) is 17.3. The summed E-state index contributed by atoms with van der Waals surface area (Å²) in [7, 11) is 0. The van der Waals surface area contributed by atoms with Crippen molar-refractivity contribution in [1.82, 2.24) is 9.80 Å². The van der Waals surface area contributed by atoms with Crippen molar-refractivity contribution in [3.63, 3.8) is 0 Å². The van der Waals surface area contributed by atoms with E-state index in [4.69, 9.17) is 0 Å². The minimum atomic E-state index is 0.348. The first-order valence-corrected chi connectivity index (χ1v) is 9.14. The van der Waals surface area contributed by atoms with Gasteiger partial charge in [-0.2, -0.15) is 0 Å². The molecular formula is C19H38N2. The van der Waals surface area contributed by atoms with Crippen molar-refractivity contribution in [1.29, 1.82) is 0 Å². The Hall–Kier alpha value is -0.0800. The molecule has 0 amide bonds. The van der Waals surface area contributed by atoms with Gasteiger partial charge in [-0.05, 0) is 51.4 Å². The lowest BCUT2D eigenvalue weighted by molar-refractivity contribution is 0.00258. The normalized spacial score (nSPS) is 29.4. The van der Waals surface area contributed by atoms with Crippen molar-refractivity contribution in [2.45, 2.75) is 85.2 Å². The highest BCUT2D eigenvalue weighted by atomic mass is 15.3. The highest BCUT2D eigenvalue weighted by Crippen LogP contribution is 2.37. The second kappa shape index (κ2) is 6.58. The molecule has 0 N–H and O–H groups in total. The summed E-state index contributed by atoms with van der Waals surface area (Å²) in [5, 5.41) is 0. The third kappa shape index (κ3) is 5.25. The lowest BCUT2D eigenvalue weighted by Crippen LogP contribution is -2.57. The van der Waals surface area contributed by atoms with E-state index in [1.807, 2.05) is 0 Å². The van der Waals surface area contributed by atoms with Crippen LogP contribution in [0, 0.1) is 11.3 Å².